The van der Waals surface area contributed by atoms with Crippen molar-refractivity contribution in [3.63, 3.8) is 0 Å². The van der Waals surface area contributed by atoms with E-state index in [9.17, 15) is 9.18 Å². The molecular weight excluding hydrogens is 361 g/mol. The van der Waals surface area contributed by atoms with Crippen molar-refractivity contribution < 1.29 is 4.39 Å². The van der Waals surface area contributed by atoms with Gasteiger partial charge in [0.15, 0.2) is 0 Å². The first kappa shape index (κ1) is 14.0. The molecule has 0 aliphatic carbocycles. The quantitative estimate of drug-likeness (QED) is 0.508. The summed E-state index contributed by atoms with van der Waals surface area (Å²) in [6.07, 6.45) is 1.55. The van der Waals surface area contributed by atoms with Gasteiger partial charge in [0.1, 0.15) is 11.0 Å². The number of aromatic amines is 1. The molecule has 7 heteroatoms. The number of benzene rings is 1. The number of pyridine rings is 2. The van der Waals surface area contributed by atoms with Gasteiger partial charge in [0.2, 0.25) is 0 Å². The molecule has 3 aromatic rings. The van der Waals surface area contributed by atoms with Crippen LogP contribution in [0.4, 0.5) is 10.1 Å². The Bertz CT molecular complexity index is 926. The molecule has 2 aromatic heterocycles. The number of nitrogens with one attached hydrogen (secondary N) is 1. The molecule has 0 radical (unpaired) electrons. The highest BCUT2D eigenvalue weighted by Crippen LogP contribution is 2.31. The van der Waals surface area contributed by atoms with Crippen molar-refractivity contribution in [3.05, 3.63) is 56.3 Å². The standard InChI is InChI=1S/C14H8BrClFN3O/c15-9-3-10(17)11(18)2-7(9)8-1-6-5-19-13(16)4-12(6)20-14(8)21/h1-5H,18H2,(H,20,21). The number of nitrogen functional groups attached to an aromatic ring is 1. The van der Waals surface area contributed by atoms with Crippen LogP contribution in [0.5, 0.6) is 0 Å². The van der Waals surface area contributed by atoms with Gasteiger partial charge < -0.3 is 10.7 Å². The number of hydrogen-bond donors (Lipinski definition) is 2. The number of hydrogen-bond acceptors (Lipinski definition) is 3. The minimum Gasteiger partial charge on any atom is -0.396 e. The van der Waals surface area contributed by atoms with Crippen LogP contribution in [0.3, 0.4) is 0 Å². The lowest BCUT2D eigenvalue weighted by molar-refractivity contribution is 0.632. The van der Waals surface area contributed by atoms with Crippen LogP contribution in [-0.4, -0.2) is 9.97 Å². The van der Waals surface area contributed by atoms with Gasteiger partial charge in [0.05, 0.1) is 11.2 Å². The topological polar surface area (TPSA) is 71.8 Å². The van der Waals surface area contributed by atoms with E-state index in [1.54, 1.807) is 18.3 Å². The van der Waals surface area contributed by atoms with Crippen molar-refractivity contribution >= 4 is 44.1 Å². The molecule has 3 rings (SSSR count). The monoisotopic (exact) mass is 367 g/mol. The Labute approximate surface area is 131 Å². The Morgan fingerprint density at radius 2 is 2.00 bits per heavy atom. The third-order valence-corrected chi connectivity index (χ3v) is 3.93. The molecular formula is C14H8BrClFN3O. The van der Waals surface area contributed by atoms with Gasteiger partial charge in [0.25, 0.3) is 5.56 Å². The van der Waals surface area contributed by atoms with Crippen molar-refractivity contribution in [2.75, 3.05) is 5.73 Å². The van der Waals surface area contributed by atoms with Gasteiger partial charge in [0, 0.05) is 27.2 Å². The maximum atomic E-state index is 13.4. The van der Waals surface area contributed by atoms with Crippen LogP contribution in [0.15, 0.2) is 39.7 Å². The predicted molar refractivity (Wildman–Crippen MR) is 84.9 cm³/mol. The second-order valence-corrected chi connectivity index (χ2v) is 5.70. The fourth-order valence-corrected chi connectivity index (χ4v) is 2.73. The Kier molecular flexibility index (Phi) is 3.43. The average molecular weight is 369 g/mol. The van der Waals surface area contributed by atoms with Crippen molar-refractivity contribution in [1.29, 1.82) is 0 Å². The maximum Gasteiger partial charge on any atom is 0.256 e. The SMILES string of the molecule is Nc1cc(-c2cc3cnc(Cl)cc3[nH]c2=O)c(Br)cc1F. The third-order valence-electron chi connectivity index (χ3n) is 3.07. The number of H-pyrrole nitrogens is 1. The van der Waals surface area contributed by atoms with Gasteiger partial charge in [-0.05, 0) is 24.3 Å². The summed E-state index contributed by atoms with van der Waals surface area (Å²) in [4.78, 5) is 18.9. The zero-order valence-electron chi connectivity index (χ0n) is 10.5. The van der Waals surface area contributed by atoms with Gasteiger partial charge >= 0.3 is 0 Å². The first-order chi connectivity index (χ1) is 9.95. The highest BCUT2D eigenvalue weighted by molar-refractivity contribution is 9.10. The van der Waals surface area contributed by atoms with E-state index >= 15 is 0 Å². The maximum absolute atomic E-state index is 13.4. The van der Waals surface area contributed by atoms with Gasteiger partial charge in [-0.1, -0.05) is 27.5 Å². The van der Waals surface area contributed by atoms with E-state index in [0.717, 1.165) is 0 Å². The summed E-state index contributed by atoms with van der Waals surface area (Å²) in [5, 5.41) is 1.00. The first-order valence-electron chi connectivity index (χ1n) is 5.89. The lowest BCUT2D eigenvalue weighted by Crippen LogP contribution is -2.09. The molecule has 0 spiro atoms. The number of nitrogens with zero attached hydrogens (tertiary/aromatic N) is 1. The summed E-state index contributed by atoms with van der Waals surface area (Å²) in [7, 11) is 0. The normalized spacial score (nSPS) is 11.0. The average Bonchev–Trinajstić information content (AvgIpc) is 2.42. The Morgan fingerprint density at radius 1 is 1.24 bits per heavy atom. The summed E-state index contributed by atoms with van der Waals surface area (Å²) in [5.41, 5.74) is 6.67. The highest BCUT2D eigenvalue weighted by Gasteiger charge is 2.12. The predicted octanol–water partition coefficient (Wildman–Crippen LogP) is 3.73. The molecule has 0 atom stereocenters. The van der Waals surface area contributed by atoms with Crippen LogP contribution in [0.1, 0.15) is 0 Å². The third kappa shape index (κ3) is 2.52. The van der Waals surface area contributed by atoms with Crippen LogP contribution in [-0.2, 0) is 0 Å². The number of aromatic nitrogens is 2. The van der Waals surface area contributed by atoms with Crippen molar-refractivity contribution in [2.45, 2.75) is 0 Å². The summed E-state index contributed by atoms with van der Waals surface area (Å²) < 4.78 is 13.9. The number of fused-ring (bicyclic) bond motifs is 1. The zero-order chi connectivity index (χ0) is 15.1. The second-order valence-electron chi connectivity index (χ2n) is 4.46. The summed E-state index contributed by atoms with van der Waals surface area (Å²) in [6, 6.07) is 5.87. The van der Waals surface area contributed by atoms with E-state index < -0.39 is 5.82 Å². The number of nitrogens with two attached hydrogens (primary N) is 1. The fourth-order valence-electron chi connectivity index (χ4n) is 2.05. The summed E-state index contributed by atoms with van der Waals surface area (Å²) in [5.74, 6) is -0.545. The molecule has 4 nitrogen and oxygen atoms in total. The second kappa shape index (κ2) is 5.13. The van der Waals surface area contributed by atoms with Crippen molar-refractivity contribution in [3.8, 4) is 11.1 Å². The molecule has 2 heterocycles. The molecule has 1 aromatic carbocycles. The summed E-state index contributed by atoms with van der Waals surface area (Å²) in [6.45, 7) is 0. The van der Waals surface area contributed by atoms with Gasteiger partial charge in [-0.25, -0.2) is 9.37 Å². The largest absolute Gasteiger partial charge is 0.396 e. The minimum atomic E-state index is -0.545. The van der Waals surface area contributed by atoms with Gasteiger partial charge in [-0.2, -0.15) is 0 Å². The van der Waals surface area contributed by atoms with Gasteiger partial charge in [-0.15, -0.1) is 0 Å². The molecule has 0 fully saturated rings. The van der Waals surface area contributed by atoms with E-state index in [1.165, 1.54) is 12.1 Å². The number of anilines is 1. The lowest BCUT2D eigenvalue weighted by Gasteiger charge is -2.08. The van der Waals surface area contributed by atoms with Gasteiger partial charge in [-0.3, -0.25) is 4.79 Å². The van der Waals surface area contributed by atoms with E-state index in [4.69, 9.17) is 17.3 Å². The molecule has 0 aliphatic heterocycles. The molecule has 0 saturated heterocycles. The van der Waals surface area contributed by atoms with Crippen LogP contribution < -0.4 is 11.3 Å². The minimum absolute atomic E-state index is 0.0260. The van der Waals surface area contributed by atoms with Crippen LogP contribution in [0, 0.1) is 5.82 Å². The molecule has 3 N–H and O–H groups in total. The van der Waals surface area contributed by atoms with Crippen LogP contribution >= 0.6 is 27.5 Å². The molecule has 0 saturated carbocycles. The molecule has 0 aliphatic rings. The Hall–Kier alpha value is -1.92. The number of halogens is 3. The van der Waals surface area contributed by atoms with Crippen molar-refractivity contribution in [1.82, 2.24) is 9.97 Å². The van der Waals surface area contributed by atoms with Crippen LogP contribution in [0.25, 0.3) is 22.0 Å². The molecule has 21 heavy (non-hydrogen) atoms. The van der Waals surface area contributed by atoms with E-state index in [1.807, 2.05) is 0 Å². The number of rotatable bonds is 1. The van der Waals surface area contributed by atoms with Crippen molar-refractivity contribution in [2.24, 2.45) is 0 Å². The van der Waals surface area contributed by atoms with E-state index in [2.05, 4.69) is 25.9 Å². The lowest BCUT2D eigenvalue weighted by atomic mass is 10.0. The molecule has 0 unspecified atom stereocenters. The first-order valence-corrected chi connectivity index (χ1v) is 7.06. The molecule has 106 valence electrons. The highest BCUT2D eigenvalue weighted by atomic mass is 79.9. The summed E-state index contributed by atoms with van der Waals surface area (Å²) >= 11 is 9.04. The Morgan fingerprint density at radius 3 is 2.76 bits per heavy atom. The molecule has 0 bridgehead atoms. The molecule has 0 amide bonds. The Balaban J connectivity index is 2.30. The van der Waals surface area contributed by atoms with Crippen LogP contribution in [0.2, 0.25) is 5.15 Å². The van der Waals surface area contributed by atoms with E-state index in [0.29, 0.717) is 26.5 Å². The zero-order valence-corrected chi connectivity index (χ0v) is 12.8. The smallest absolute Gasteiger partial charge is 0.256 e. The fraction of sp³-hybridized carbons (Fsp3) is 0. The van der Waals surface area contributed by atoms with E-state index in [-0.39, 0.29) is 16.4 Å².